The smallest absolute Gasteiger partial charge is 0.338 e. The zero-order valence-electron chi connectivity index (χ0n) is 18.7. The first-order valence-electron chi connectivity index (χ1n) is 11.0. The lowest BCUT2D eigenvalue weighted by molar-refractivity contribution is -0.158. The third-order valence-electron chi connectivity index (χ3n) is 5.40. The third kappa shape index (κ3) is 5.88. The van der Waals surface area contributed by atoms with Crippen LogP contribution in [0.25, 0.3) is 0 Å². The van der Waals surface area contributed by atoms with E-state index < -0.39 is 36.5 Å². The molecule has 4 atom stereocenters. The van der Waals surface area contributed by atoms with E-state index in [1.165, 1.54) is 7.11 Å². The first-order chi connectivity index (χ1) is 16.7. The third-order valence-corrected chi connectivity index (χ3v) is 5.40. The Balaban J connectivity index is 1.51. The van der Waals surface area contributed by atoms with E-state index in [0.717, 1.165) is 5.56 Å². The van der Waals surface area contributed by atoms with Crippen LogP contribution in [0.3, 0.4) is 0 Å². The van der Waals surface area contributed by atoms with Crippen LogP contribution in [0, 0.1) is 0 Å². The number of benzene rings is 3. The summed E-state index contributed by atoms with van der Waals surface area (Å²) in [5, 5.41) is 0. The molecule has 0 bridgehead atoms. The van der Waals surface area contributed by atoms with Crippen molar-refractivity contribution in [3.05, 3.63) is 108 Å². The minimum absolute atomic E-state index is 0.112. The van der Waals surface area contributed by atoms with Gasteiger partial charge in [-0.25, -0.2) is 9.59 Å². The Kier molecular flexibility index (Phi) is 8.04. The van der Waals surface area contributed by atoms with Gasteiger partial charge in [-0.3, -0.25) is 0 Å². The fourth-order valence-electron chi connectivity index (χ4n) is 3.68. The topological polar surface area (TPSA) is 80.3 Å². The Morgan fingerprint density at radius 3 is 1.76 bits per heavy atom. The molecule has 1 aliphatic rings. The number of hydrogen-bond acceptors (Lipinski definition) is 7. The molecular weight excluding hydrogens is 436 g/mol. The number of carbonyl (C=O) groups excluding carboxylic acids is 2. The van der Waals surface area contributed by atoms with Crippen molar-refractivity contribution in [1.29, 1.82) is 0 Å². The molecule has 0 aliphatic carbocycles. The molecule has 176 valence electrons. The van der Waals surface area contributed by atoms with Gasteiger partial charge in [0, 0.05) is 7.11 Å². The lowest BCUT2D eigenvalue weighted by Gasteiger charge is -2.24. The number of esters is 2. The van der Waals surface area contributed by atoms with Gasteiger partial charge in [0.1, 0.15) is 6.10 Å². The molecule has 4 rings (SSSR count). The summed E-state index contributed by atoms with van der Waals surface area (Å²) < 4.78 is 28.7. The molecule has 3 aromatic carbocycles. The van der Waals surface area contributed by atoms with Gasteiger partial charge in [-0.15, -0.1) is 0 Å². The summed E-state index contributed by atoms with van der Waals surface area (Å²) in [5.74, 6) is -1.12. The molecule has 34 heavy (non-hydrogen) atoms. The van der Waals surface area contributed by atoms with E-state index in [2.05, 4.69) is 0 Å². The average Bonchev–Trinajstić information content (AvgIpc) is 3.21. The van der Waals surface area contributed by atoms with Gasteiger partial charge in [-0.05, 0) is 29.8 Å². The van der Waals surface area contributed by atoms with Crippen LogP contribution < -0.4 is 0 Å². The molecule has 0 N–H and O–H groups in total. The summed E-state index contributed by atoms with van der Waals surface area (Å²) in [4.78, 5) is 25.6. The molecule has 7 heteroatoms. The van der Waals surface area contributed by atoms with Crippen LogP contribution in [-0.4, -0.2) is 50.3 Å². The van der Waals surface area contributed by atoms with Gasteiger partial charge < -0.3 is 23.7 Å². The van der Waals surface area contributed by atoms with Gasteiger partial charge in [0.25, 0.3) is 0 Å². The van der Waals surface area contributed by atoms with Crippen LogP contribution in [0.1, 0.15) is 26.3 Å². The molecule has 0 spiro atoms. The summed E-state index contributed by atoms with van der Waals surface area (Å²) in [6.45, 7) is 0.465. The van der Waals surface area contributed by atoms with Gasteiger partial charge in [0.2, 0.25) is 0 Å². The van der Waals surface area contributed by atoms with Crippen LogP contribution >= 0.6 is 0 Å². The number of ether oxygens (including phenoxy) is 5. The minimum Gasteiger partial charge on any atom is -0.452 e. The van der Waals surface area contributed by atoms with Gasteiger partial charge >= 0.3 is 11.9 Å². The van der Waals surface area contributed by atoms with Gasteiger partial charge in [0.15, 0.2) is 18.5 Å². The van der Waals surface area contributed by atoms with Crippen molar-refractivity contribution in [2.45, 2.75) is 31.2 Å². The van der Waals surface area contributed by atoms with E-state index in [-0.39, 0.29) is 6.61 Å². The van der Waals surface area contributed by atoms with Crippen molar-refractivity contribution < 1.29 is 33.3 Å². The van der Waals surface area contributed by atoms with Crippen molar-refractivity contribution in [2.24, 2.45) is 0 Å². The number of rotatable bonds is 9. The predicted molar refractivity (Wildman–Crippen MR) is 123 cm³/mol. The predicted octanol–water partition coefficient (Wildman–Crippen LogP) is 4.03. The molecule has 0 radical (unpaired) electrons. The maximum absolute atomic E-state index is 12.8. The van der Waals surface area contributed by atoms with E-state index in [1.54, 1.807) is 60.7 Å². The largest absolute Gasteiger partial charge is 0.452 e. The summed E-state index contributed by atoms with van der Waals surface area (Å²) in [5.41, 5.74) is 1.74. The molecule has 0 unspecified atom stereocenters. The highest BCUT2D eigenvalue weighted by Gasteiger charge is 2.50. The second kappa shape index (κ2) is 11.6. The molecule has 1 saturated heterocycles. The van der Waals surface area contributed by atoms with Crippen molar-refractivity contribution in [3.8, 4) is 0 Å². The standard InChI is InChI=1S/C27H26O7/c1-30-27-24(34-26(29)21-15-9-4-10-16-21)23(33-25(28)20-13-7-3-8-14-20)22(32-27)18-31-17-19-11-5-2-6-12-19/h2-16,22-24,27H,17-18H2,1H3/t22-,23-,24-,27+/m1/s1. The summed E-state index contributed by atoms with van der Waals surface area (Å²) >= 11 is 0. The minimum atomic E-state index is -0.976. The second-order valence-electron chi connectivity index (χ2n) is 7.75. The molecule has 3 aromatic rings. The molecular formula is C27H26O7. The monoisotopic (exact) mass is 462 g/mol. The van der Waals surface area contributed by atoms with Crippen molar-refractivity contribution in [2.75, 3.05) is 13.7 Å². The van der Waals surface area contributed by atoms with Crippen molar-refractivity contribution >= 4 is 11.9 Å². The maximum atomic E-state index is 12.8. The number of methoxy groups -OCH3 is 1. The normalized spacial score (nSPS) is 21.7. The Morgan fingerprint density at radius 1 is 0.735 bits per heavy atom. The van der Waals surface area contributed by atoms with Crippen LogP contribution in [0.5, 0.6) is 0 Å². The quantitative estimate of drug-likeness (QED) is 0.444. The summed E-state index contributed by atoms with van der Waals surface area (Å²) in [6.07, 6.45) is -3.53. The zero-order valence-corrected chi connectivity index (χ0v) is 18.7. The Morgan fingerprint density at radius 2 is 1.24 bits per heavy atom. The van der Waals surface area contributed by atoms with E-state index >= 15 is 0 Å². The maximum Gasteiger partial charge on any atom is 0.338 e. The molecule has 1 fully saturated rings. The lowest BCUT2D eigenvalue weighted by Crippen LogP contribution is -2.42. The van der Waals surface area contributed by atoms with Crippen molar-refractivity contribution in [1.82, 2.24) is 0 Å². The average molecular weight is 462 g/mol. The molecule has 0 saturated carbocycles. The summed E-state index contributed by atoms with van der Waals surface area (Å²) in [6, 6.07) is 26.8. The van der Waals surface area contributed by atoms with Crippen LogP contribution in [0.15, 0.2) is 91.0 Å². The second-order valence-corrected chi connectivity index (χ2v) is 7.75. The van der Waals surface area contributed by atoms with Gasteiger partial charge in [-0.2, -0.15) is 0 Å². The number of hydrogen-bond donors (Lipinski definition) is 0. The van der Waals surface area contributed by atoms with Crippen LogP contribution in [-0.2, 0) is 30.3 Å². The van der Waals surface area contributed by atoms with Crippen molar-refractivity contribution in [3.63, 3.8) is 0 Å². The zero-order chi connectivity index (χ0) is 23.8. The molecule has 1 aliphatic heterocycles. The Hall–Kier alpha value is -3.52. The highest BCUT2D eigenvalue weighted by molar-refractivity contribution is 5.90. The van der Waals surface area contributed by atoms with Gasteiger partial charge in [0.05, 0.1) is 24.3 Å². The van der Waals surface area contributed by atoms with E-state index in [9.17, 15) is 9.59 Å². The first-order valence-corrected chi connectivity index (χ1v) is 11.0. The first kappa shape index (κ1) is 23.6. The highest BCUT2D eigenvalue weighted by atomic mass is 16.7. The summed E-state index contributed by atoms with van der Waals surface area (Å²) in [7, 11) is 1.44. The lowest BCUT2D eigenvalue weighted by atomic mass is 10.1. The number of carbonyl (C=O) groups is 2. The Bertz CT molecular complexity index is 1060. The van der Waals surface area contributed by atoms with Crippen LogP contribution in [0.2, 0.25) is 0 Å². The fourth-order valence-corrected chi connectivity index (χ4v) is 3.68. The molecule has 7 nitrogen and oxygen atoms in total. The SMILES string of the molecule is CO[C@H]1O[C@H](COCc2ccccc2)[C@@H](OC(=O)c2ccccc2)[C@H]1OC(=O)c1ccccc1. The molecule has 1 heterocycles. The fraction of sp³-hybridized carbons (Fsp3) is 0.259. The highest BCUT2D eigenvalue weighted by Crippen LogP contribution is 2.29. The van der Waals surface area contributed by atoms with Gasteiger partial charge in [-0.1, -0.05) is 66.7 Å². The van der Waals surface area contributed by atoms with E-state index in [4.69, 9.17) is 23.7 Å². The van der Waals surface area contributed by atoms with Crippen LogP contribution in [0.4, 0.5) is 0 Å². The molecule has 0 aromatic heterocycles. The molecule has 0 amide bonds. The Labute approximate surface area is 198 Å². The van der Waals surface area contributed by atoms with E-state index in [0.29, 0.717) is 17.7 Å². The van der Waals surface area contributed by atoms with E-state index in [1.807, 2.05) is 30.3 Å².